The van der Waals surface area contributed by atoms with Gasteiger partial charge < -0.3 is 18.5 Å². The third-order valence-corrected chi connectivity index (χ3v) is 4.38. The van der Waals surface area contributed by atoms with Crippen molar-refractivity contribution in [2.24, 2.45) is 0 Å². The number of fused-ring (bicyclic) bond motifs is 1. The minimum Gasteiger partial charge on any atom is -0.497 e. The van der Waals surface area contributed by atoms with Crippen molar-refractivity contribution >= 4 is 23.4 Å². The Bertz CT molecular complexity index is 1070. The molecule has 0 saturated carbocycles. The van der Waals surface area contributed by atoms with Crippen molar-refractivity contribution < 1.29 is 13.9 Å². The Morgan fingerprint density at radius 3 is 2.67 bits per heavy atom. The van der Waals surface area contributed by atoms with Crippen molar-refractivity contribution in [1.82, 2.24) is 14.5 Å². The van der Waals surface area contributed by atoms with Gasteiger partial charge in [0.25, 0.3) is 0 Å². The van der Waals surface area contributed by atoms with Gasteiger partial charge >= 0.3 is 0 Å². The largest absolute Gasteiger partial charge is 0.497 e. The van der Waals surface area contributed by atoms with Gasteiger partial charge in [-0.3, -0.25) is 0 Å². The van der Waals surface area contributed by atoms with E-state index in [1.807, 2.05) is 55.7 Å². The fourth-order valence-corrected chi connectivity index (χ4v) is 2.97. The number of imidazole rings is 1. The van der Waals surface area contributed by atoms with E-state index in [4.69, 9.17) is 18.9 Å². The topological polar surface area (TPSA) is 62.3 Å². The molecule has 4 aromatic rings. The monoisotopic (exact) mass is 385 g/mol. The van der Waals surface area contributed by atoms with Gasteiger partial charge in [-0.15, -0.1) is 12.4 Å². The summed E-state index contributed by atoms with van der Waals surface area (Å²) in [5, 5.41) is 0. The number of benzene rings is 2. The lowest BCUT2D eigenvalue weighted by Crippen LogP contribution is -2.00. The minimum atomic E-state index is 0. The SMILES string of the molecule is COc1ccc(OC)c(-c2nc(Cn3cnc4ccccc43)c(C)o2)c1.Cl. The second-order valence-corrected chi connectivity index (χ2v) is 5.95. The van der Waals surface area contributed by atoms with E-state index >= 15 is 0 Å². The molecule has 2 heterocycles. The van der Waals surface area contributed by atoms with Crippen molar-refractivity contribution in [1.29, 1.82) is 0 Å². The lowest BCUT2D eigenvalue weighted by atomic mass is 10.2. The summed E-state index contributed by atoms with van der Waals surface area (Å²) in [4.78, 5) is 9.12. The lowest BCUT2D eigenvalue weighted by molar-refractivity contribution is 0.402. The summed E-state index contributed by atoms with van der Waals surface area (Å²) < 4.78 is 18.7. The molecule has 7 heteroatoms. The first kappa shape index (κ1) is 18.8. The van der Waals surface area contributed by atoms with Crippen LogP contribution in [0.5, 0.6) is 11.5 Å². The van der Waals surface area contributed by atoms with Crippen molar-refractivity contribution in [2.45, 2.75) is 13.5 Å². The van der Waals surface area contributed by atoms with Crippen LogP contribution in [0.3, 0.4) is 0 Å². The maximum Gasteiger partial charge on any atom is 0.230 e. The Labute approximate surface area is 163 Å². The molecule has 4 rings (SSSR count). The number of ether oxygens (including phenoxy) is 2. The first-order chi connectivity index (χ1) is 12.7. The van der Waals surface area contributed by atoms with Crippen LogP contribution in [0.25, 0.3) is 22.5 Å². The maximum atomic E-state index is 5.92. The summed E-state index contributed by atoms with van der Waals surface area (Å²) in [6.45, 7) is 2.50. The van der Waals surface area contributed by atoms with E-state index in [0.29, 0.717) is 18.2 Å². The zero-order valence-corrected chi connectivity index (χ0v) is 16.1. The van der Waals surface area contributed by atoms with Gasteiger partial charge in [-0.05, 0) is 37.3 Å². The Morgan fingerprint density at radius 1 is 1.07 bits per heavy atom. The molecule has 0 N–H and O–H groups in total. The first-order valence-corrected chi connectivity index (χ1v) is 8.28. The van der Waals surface area contributed by atoms with E-state index in [1.54, 1.807) is 14.2 Å². The quantitative estimate of drug-likeness (QED) is 0.506. The van der Waals surface area contributed by atoms with Crippen LogP contribution in [-0.4, -0.2) is 28.8 Å². The van der Waals surface area contributed by atoms with Gasteiger partial charge in [-0.25, -0.2) is 9.97 Å². The highest BCUT2D eigenvalue weighted by atomic mass is 35.5. The van der Waals surface area contributed by atoms with E-state index in [1.165, 1.54) is 0 Å². The summed E-state index contributed by atoms with van der Waals surface area (Å²) in [5.74, 6) is 2.69. The highest BCUT2D eigenvalue weighted by Gasteiger charge is 2.17. The summed E-state index contributed by atoms with van der Waals surface area (Å²) >= 11 is 0. The molecule has 0 atom stereocenters. The molecule has 0 spiro atoms. The van der Waals surface area contributed by atoms with Gasteiger partial charge in [0.15, 0.2) is 0 Å². The number of aryl methyl sites for hydroxylation is 1. The molecule has 0 aliphatic heterocycles. The molecule has 6 nitrogen and oxygen atoms in total. The average molecular weight is 386 g/mol. The zero-order valence-electron chi connectivity index (χ0n) is 15.3. The fraction of sp³-hybridized carbons (Fsp3) is 0.200. The highest BCUT2D eigenvalue weighted by Crippen LogP contribution is 2.34. The zero-order chi connectivity index (χ0) is 18.1. The van der Waals surface area contributed by atoms with Crippen LogP contribution >= 0.6 is 12.4 Å². The summed E-state index contributed by atoms with van der Waals surface area (Å²) in [6.07, 6.45) is 1.82. The fourth-order valence-electron chi connectivity index (χ4n) is 2.97. The maximum absolute atomic E-state index is 5.92. The molecule has 0 radical (unpaired) electrons. The smallest absolute Gasteiger partial charge is 0.230 e. The highest BCUT2D eigenvalue weighted by molar-refractivity contribution is 5.85. The molecule has 0 unspecified atom stereocenters. The molecule has 140 valence electrons. The van der Waals surface area contributed by atoms with Gasteiger partial charge in [0.1, 0.15) is 23.0 Å². The van der Waals surface area contributed by atoms with Crippen LogP contribution < -0.4 is 9.47 Å². The summed E-state index contributed by atoms with van der Waals surface area (Å²) in [7, 11) is 3.25. The molecule has 0 bridgehead atoms. The second kappa shape index (κ2) is 7.72. The normalized spacial score (nSPS) is 10.6. The van der Waals surface area contributed by atoms with E-state index in [2.05, 4.69) is 9.55 Å². The number of aromatic nitrogens is 3. The molecule has 0 saturated heterocycles. The molecule has 0 aliphatic carbocycles. The second-order valence-electron chi connectivity index (χ2n) is 5.95. The van der Waals surface area contributed by atoms with E-state index in [-0.39, 0.29) is 12.4 Å². The number of para-hydroxylation sites is 2. The molecular formula is C20H20ClN3O3. The number of halogens is 1. The van der Waals surface area contributed by atoms with E-state index in [0.717, 1.165) is 33.8 Å². The van der Waals surface area contributed by atoms with Crippen LogP contribution in [0, 0.1) is 6.92 Å². The Morgan fingerprint density at radius 2 is 1.89 bits per heavy atom. The molecule has 27 heavy (non-hydrogen) atoms. The van der Waals surface area contributed by atoms with Crippen molar-refractivity contribution in [3.8, 4) is 23.0 Å². The number of methoxy groups -OCH3 is 2. The molecular weight excluding hydrogens is 366 g/mol. The summed E-state index contributed by atoms with van der Waals surface area (Å²) in [6, 6.07) is 13.6. The van der Waals surface area contributed by atoms with Crippen molar-refractivity contribution in [2.75, 3.05) is 14.2 Å². The van der Waals surface area contributed by atoms with Gasteiger partial charge in [0, 0.05) is 0 Å². The number of rotatable bonds is 5. The van der Waals surface area contributed by atoms with Gasteiger partial charge in [0.05, 0.1) is 43.7 Å². The van der Waals surface area contributed by atoms with Crippen LogP contribution in [0.1, 0.15) is 11.5 Å². The predicted molar refractivity (Wildman–Crippen MR) is 106 cm³/mol. The molecule has 0 fully saturated rings. The Hall–Kier alpha value is -2.99. The third kappa shape index (κ3) is 3.48. The minimum absolute atomic E-state index is 0. The number of nitrogens with zero attached hydrogens (tertiary/aromatic N) is 3. The average Bonchev–Trinajstić information content (AvgIpc) is 3.25. The van der Waals surface area contributed by atoms with Crippen LogP contribution in [0.15, 0.2) is 53.2 Å². The van der Waals surface area contributed by atoms with Crippen LogP contribution in [0.4, 0.5) is 0 Å². The third-order valence-electron chi connectivity index (χ3n) is 4.38. The van der Waals surface area contributed by atoms with Gasteiger partial charge in [-0.2, -0.15) is 0 Å². The molecule has 0 amide bonds. The molecule has 2 aromatic carbocycles. The first-order valence-electron chi connectivity index (χ1n) is 8.28. The van der Waals surface area contributed by atoms with Crippen molar-refractivity contribution in [3.05, 3.63) is 60.2 Å². The Balaban J connectivity index is 0.00000210. The molecule has 2 aromatic heterocycles. The predicted octanol–water partition coefficient (Wildman–Crippen LogP) is 4.49. The van der Waals surface area contributed by atoms with E-state index < -0.39 is 0 Å². The Kier molecular flexibility index (Phi) is 5.37. The summed E-state index contributed by atoms with van der Waals surface area (Å²) in [5.41, 5.74) is 3.64. The van der Waals surface area contributed by atoms with Crippen LogP contribution in [0.2, 0.25) is 0 Å². The van der Waals surface area contributed by atoms with Gasteiger partial charge in [-0.1, -0.05) is 12.1 Å². The standard InChI is InChI=1S/C20H19N3O3.ClH/c1-13-17(11-23-12-21-16-6-4-5-7-18(16)23)22-20(26-13)15-10-14(24-2)8-9-19(15)25-3;/h4-10,12H,11H2,1-3H3;1H. The number of oxazole rings is 1. The lowest BCUT2D eigenvalue weighted by Gasteiger charge is -2.07. The van der Waals surface area contributed by atoms with Crippen LogP contribution in [-0.2, 0) is 6.54 Å². The number of hydrogen-bond acceptors (Lipinski definition) is 5. The van der Waals surface area contributed by atoms with E-state index in [9.17, 15) is 0 Å². The van der Waals surface area contributed by atoms with Gasteiger partial charge in [0.2, 0.25) is 5.89 Å². The molecule has 0 aliphatic rings. The number of hydrogen-bond donors (Lipinski definition) is 0. The van der Waals surface area contributed by atoms with Crippen molar-refractivity contribution in [3.63, 3.8) is 0 Å².